The summed E-state index contributed by atoms with van der Waals surface area (Å²) in [7, 11) is 0. The Morgan fingerprint density at radius 3 is 2.26 bits per heavy atom. The van der Waals surface area contributed by atoms with Crippen LogP contribution in [0.15, 0.2) is 53.1 Å². The fraction of sp³-hybridized carbons (Fsp3) is 0.167. The van der Waals surface area contributed by atoms with Gasteiger partial charge in [0.05, 0.1) is 6.54 Å². The lowest BCUT2D eigenvalue weighted by molar-refractivity contribution is 0.0949. The molecule has 3 rings (SSSR count). The standard InChI is InChI=1S/C18H17N3O2/c1-12-3-7-14(8-4-12)17(22)19-11-16-20-18(23-21-16)15-9-5-13(2)6-10-15/h3-10H,11H2,1-2H3,(H,19,22). The Morgan fingerprint density at radius 2 is 1.61 bits per heavy atom. The molecular weight excluding hydrogens is 290 g/mol. The van der Waals surface area contributed by atoms with Gasteiger partial charge in [0.15, 0.2) is 5.82 Å². The Morgan fingerprint density at radius 1 is 1.00 bits per heavy atom. The zero-order chi connectivity index (χ0) is 16.2. The van der Waals surface area contributed by atoms with E-state index in [0.717, 1.165) is 11.1 Å². The lowest BCUT2D eigenvalue weighted by Crippen LogP contribution is -2.23. The fourth-order valence-corrected chi connectivity index (χ4v) is 2.11. The summed E-state index contributed by atoms with van der Waals surface area (Å²) < 4.78 is 5.23. The van der Waals surface area contributed by atoms with Gasteiger partial charge in [-0.3, -0.25) is 4.79 Å². The van der Waals surface area contributed by atoms with Crippen molar-refractivity contribution < 1.29 is 9.32 Å². The zero-order valence-electron chi connectivity index (χ0n) is 13.0. The van der Waals surface area contributed by atoms with Crippen molar-refractivity contribution in [2.45, 2.75) is 20.4 Å². The molecule has 0 fully saturated rings. The van der Waals surface area contributed by atoms with Crippen LogP contribution in [0, 0.1) is 13.8 Å². The summed E-state index contributed by atoms with van der Waals surface area (Å²) in [6.45, 7) is 4.22. The summed E-state index contributed by atoms with van der Waals surface area (Å²) in [5.74, 6) is 0.734. The first-order valence-electron chi connectivity index (χ1n) is 7.36. The molecule has 0 aliphatic rings. The average Bonchev–Trinajstić information content (AvgIpc) is 3.03. The molecule has 116 valence electrons. The van der Waals surface area contributed by atoms with Crippen molar-refractivity contribution in [3.8, 4) is 11.5 Å². The third-order valence-electron chi connectivity index (χ3n) is 3.49. The quantitative estimate of drug-likeness (QED) is 0.803. The molecule has 0 saturated carbocycles. The van der Waals surface area contributed by atoms with E-state index in [9.17, 15) is 4.79 Å². The SMILES string of the molecule is Cc1ccc(C(=O)NCc2noc(-c3ccc(C)cc3)n2)cc1. The van der Waals surface area contributed by atoms with Crippen LogP contribution in [0.1, 0.15) is 27.3 Å². The third-order valence-corrected chi connectivity index (χ3v) is 3.49. The maximum Gasteiger partial charge on any atom is 0.257 e. The molecule has 0 aliphatic carbocycles. The van der Waals surface area contributed by atoms with Crippen molar-refractivity contribution >= 4 is 5.91 Å². The highest BCUT2D eigenvalue weighted by molar-refractivity contribution is 5.94. The molecular formula is C18H17N3O2. The first-order chi connectivity index (χ1) is 11.1. The number of aromatic nitrogens is 2. The minimum atomic E-state index is -0.160. The number of hydrogen-bond acceptors (Lipinski definition) is 4. The molecule has 3 aromatic rings. The molecule has 0 aliphatic heterocycles. The van der Waals surface area contributed by atoms with Gasteiger partial charge in [-0.15, -0.1) is 0 Å². The summed E-state index contributed by atoms with van der Waals surface area (Å²) in [6, 6.07) is 15.2. The number of nitrogens with zero attached hydrogens (tertiary/aromatic N) is 2. The summed E-state index contributed by atoms with van der Waals surface area (Å²) in [5, 5.41) is 6.68. The molecule has 0 bridgehead atoms. The van der Waals surface area contributed by atoms with Crippen molar-refractivity contribution in [2.75, 3.05) is 0 Å². The van der Waals surface area contributed by atoms with Crippen LogP contribution < -0.4 is 5.32 Å². The van der Waals surface area contributed by atoms with Gasteiger partial charge in [0.2, 0.25) is 0 Å². The molecule has 5 nitrogen and oxygen atoms in total. The maximum absolute atomic E-state index is 12.0. The van der Waals surface area contributed by atoms with Crippen LogP contribution in [-0.4, -0.2) is 16.0 Å². The van der Waals surface area contributed by atoms with Gasteiger partial charge in [-0.25, -0.2) is 0 Å². The predicted octanol–water partition coefficient (Wildman–Crippen LogP) is 3.28. The molecule has 0 unspecified atom stereocenters. The van der Waals surface area contributed by atoms with Crippen molar-refractivity contribution in [3.63, 3.8) is 0 Å². The highest BCUT2D eigenvalue weighted by Gasteiger charge is 2.10. The molecule has 0 spiro atoms. The van der Waals surface area contributed by atoms with E-state index in [1.165, 1.54) is 5.56 Å². The predicted molar refractivity (Wildman–Crippen MR) is 86.8 cm³/mol. The van der Waals surface area contributed by atoms with Crippen LogP contribution >= 0.6 is 0 Å². The van der Waals surface area contributed by atoms with Crippen molar-refractivity contribution in [1.29, 1.82) is 0 Å². The Labute approximate surface area is 134 Å². The second-order valence-electron chi connectivity index (χ2n) is 5.43. The number of carbonyl (C=O) groups is 1. The number of nitrogens with one attached hydrogen (secondary N) is 1. The van der Waals surface area contributed by atoms with Gasteiger partial charge < -0.3 is 9.84 Å². The molecule has 1 N–H and O–H groups in total. The van der Waals surface area contributed by atoms with Gasteiger partial charge >= 0.3 is 0 Å². The molecule has 23 heavy (non-hydrogen) atoms. The van der Waals surface area contributed by atoms with E-state index in [-0.39, 0.29) is 12.5 Å². The highest BCUT2D eigenvalue weighted by Crippen LogP contribution is 2.17. The Bertz CT molecular complexity index is 805. The van der Waals surface area contributed by atoms with Crippen LogP contribution in [0.25, 0.3) is 11.5 Å². The van der Waals surface area contributed by atoms with Crippen molar-refractivity contribution in [1.82, 2.24) is 15.5 Å². The van der Waals surface area contributed by atoms with Gasteiger partial charge in [-0.1, -0.05) is 40.5 Å². The van der Waals surface area contributed by atoms with E-state index < -0.39 is 0 Å². The first kappa shape index (κ1) is 15.0. The van der Waals surface area contributed by atoms with E-state index in [0.29, 0.717) is 17.3 Å². The topological polar surface area (TPSA) is 68.0 Å². The molecule has 2 aromatic carbocycles. The summed E-state index contributed by atoms with van der Waals surface area (Å²) in [5.41, 5.74) is 3.75. The van der Waals surface area contributed by atoms with Gasteiger partial charge in [0.1, 0.15) is 0 Å². The number of carbonyl (C=O) groups excluding carboxylic acids is 1. The monoisotopic (exact) mass is 307 g/mol. The van der Waals surface area contributed by atoms with E-state index >= 15 is 0 Å². The van der Waals surface area contributed by atoms with Crippen LogP contribution in [0.2, 0.25) is 0 Å². The number of aryl methyl sites for hydroxylation is 2. The number of amides is 1. The first-order valence-corrected chi connectivity index (χ1v) is 7.36. The van der Waals surface area contributed by atoms with E-state index in [1.807, 2.05) is 50.2 Å². The van der Waals surface area contributed by atoms with E-state index in [2.05, 4.69) is 15.5 Å². The number of hydrogen-bond donors (Lipinski definition) is 1. The molecule has 5 heteroatoms. The largest absolute Gasteiger partial charge is 0.345 e. The minimum Gasteiger partial charge on any atom is -0.345 e. The van der Waals surface area contributed by atoms with Gasteiger partial charge in [-0.2, -0.15) is 4.98 Å². The van der Waals surface area contributed by atoms with Crippen LogP contribution in [0.5, 0.6) is 0 Å². The fourth-order valence-electron chi connectivity index (χ4n) is 2.11. The van der Waals surface area contributed by atoms with Crippen LogP contribution in [0.3, 0.4) is 0 Å². The maximum atomic E-state index is 12.0. The smallest absolute Gasteiger partial charge is 0.257 e. The molecule has 1 aromatic heterocycles. The van der Waals surface area contributed by atoms with Crippen LogP contribution in [-0.2, 0) is 6.54 Å². The second-order valence-corrected chi connectivity index (χ2v) is 5.43. The second kappa shape index (κ2) is 6.44. The summed E-state index contributed by atoms with van der Waals surface area (Å²) in [6.07, 6.45) is 0. The van der Waals surface area contributed by atoms with Crippen LogP contribution in [0.4, 0.5) is 0 Å². The summed E-state index contributed by atoms with van der Waals surface area (Å²) in [4.78, 5) is 16.3. The van der Waals surface area contributed by atoms with E-state index in [4.69, 9.17) is 4.52 Å². The third kappa shape index (κ3) is 3.63. The van der Waals surface area contributed by atoms with Gasteiger partial charge in [0.25, 0.3) is 11.8 Å². The Balaban J connectivity index is 1.64. The lowest BCUT2D eigenvalue weighted by atomic mass is 10.1. The average molecular weight is 307 g/mol. The van der Waals surface area contributed by atoms with E-state index in [1.54, 1.807) is 12.1 Å². The Kier molecular flexibility index (Phi) is 4.19. The minimum absolute atomic E-state index is 0.160. The summed E-state index contributed by atoms with van der Waals surface area (Å²) >= 11 is 0. The molecule has 0 saturated heterocycles. The number of rotatable bonds is 4. The highest BCUT2D eigenvalue weighted by atomic mass is 16.5. The van der Waals surface area contributed by atoms with Crippen molar-refractivity contribution in [2.24, 2.45) is 0 Å². The number of benzene rings is 2. The lowest BCUT2D eigenvalue weighted by Gasteiger charge is -2.02. The molecule has 1 heterocycles. The molecule has 1 amide bonds. The zero-order valence-corrected chi connectivity index (χ0v) is 13.0. The van der Waals surface area contributed by atoms with Crippen molar-refractivity contribution in [3.05, 3.63) is 71.0 Å². The van der Waals surface area contributed by atoms with Gasteiger partial charge in [-0.05, 0) is 38.1 Å². The normalized spacial score (nSPS) is 10.5. The molecule has 0 atom stereocenters. The molecule has 0 radical (unpaired) electrons. The Hall–Kier alpha value is -2.95. The van der Waals surface area contributed by atoms with Gasteiger partial charge in [0, 0.05) is 11.1 Å².